The van der Waals surface area contributed by atoms with Gasteiger partial charge in [-0.2, -0.15) is 0 Å². The Hall–Kier alpha value is -4.70. The van der Waals surface area contributed by atoms with Crippen LogP contribution >= 0.6 is 0 Å². The molecule has 0 N–H and O–H groups in total. The highest BCUT2D eigenvalue weighted by Gasteiger charge is 2.54. The van der Waals surface area contributed by atoms with E-state index in [2.05, 4.69) is 40.7 Å². The minimum atomic E-state index is -2.12. The quantitative estimate of drug-likeness (QED) is 0.122. The van der Waals surface area contributed by atoms with Gasteiger partial charge in [0.05, 0.1) is 27.6 Å². The highest BCUT2D eigenvalue weighted by atomic mass is 28.3. The van der Waals surface area contributed by atoms with Crippen LogP contribution in [0.15, 0.2) is 24.8 Å². The van der Waals surface area contributed by atoms with Crippen LogP contribution in [0.4, 0.5) is 0 Å². The molecule has 2 aliphatic rings. The first kappa shape index (κ1) is 36.6. The molecule has 5 rings (SSSR count). The molecule has 4 atom stereocenters. The fourth-order valence-electron chi connectivity index (χ4n) is 6.61. The van der Waals surface area contributed by atoms with Gasteiger partial charge in [-0.3, -0.25) is 28.5 Å². The normalized spacial score (nSPS) is 21.0. The van der Waals surface area contributed by atoms with Gasteiger partial charge in [0.15, 0.2) is 29.5 Å². The zero-order chi connectivity index (χ0) is 36.5. The lowest BCUT2D eigenvalue weighted by molar-refractivity contribution is -0.171. The Balaban J connectivity index is 1.62. The molecular weight excluding hydrogens is 668 g/mol. The zero-order valence-corrected chi connectivity index (χ0v) is 30.4. The molecule has 1 aromatic carbocycles. The second-order valence-electron chi connectivity index (χ2n) is 13.4. The summed E-state index contributed by atoms with van der Waals surface area (Å²) >= 11 is 0. The van der Waals surface area contributed by atoms with Crippen molar-refractivity contribution in [2.75, 3.05) is 19.8 Å². The van der Waals surface area contributed by atoms with E-state index in [-0.39, 0.29) is 32.7 Å². The van der Waals surface area contributed by atoms with Gasteiger partial charge in [-0.15, -0.1) is 0 Å². The second-order valence-corrected chi connectivity index (χ2v) is 18.4. The number of imidazole rings is 1. The fraction of sp³-hybridized carbons (Fsp3) is 0.529. The van der Waals surface area contributed by atoms with Crippen molar-refractivity contribution >= 4 is 54.3 Å². The summed E-state index contributed by atoms with van der Waals surface area (Å²) in [5.41, 5.74) is 2.18. The highest BCUT2D eigenvalue weighted by Crippen LogP contribution is 2.42. The maximum absolute atomic E-state index is 13.3. The number of nitrogens with zero attached hydrogens (tertiary/aromatic N) is 4. The summed E-state index contributed by atoms with van der Waals surface area (Å²) in [4.78, 5) is 76.5. The number of ether oxygens (including phenoxy) is 6. The molecule has 0 bridgehead atoms. The predicted octanol–water partition coefficient (Wildman–Crippen LogP) is 2.57. The van der Waals surface area contributed by atoms with Gasteiger partial charge < -0.3 is 28.4 Å². The molecule has 0 saturated carbocycles. The summed E-state index contributed by atoms with van der Waals surface area (Å²) in [6.07, 6.45) is -1.17. The minimum Gasteiger partial charge on any atom is -0.465 e. The Morgan fingerprint density at radius 2 is 1.44 bits per heavy atom. The van der Waals surface area contributed by atoms with Gasteiger partial charge in [0, 0.05) is 26.3 Å². The van der Waals surface area contributed by atoms with Crippen LogP contribution in [0.1, 0.15) is 52.0 Å². The van der Waals surface area contributed by atoms with Gasteiger partial charge in [-0.1, -0.05) is 30.9 Å². The number of carbonyl (C=O) groups excluding carboxylic acids is 5. The van der Waals surface area contributed by atoms with Crippen molar-refractivity contribution in [3.05, 3.63) is 35.9 Å². The lowest BCUT2D eigenvalue weighted by Gasteiger charge is -2.24. The number of hydrogen-bond acceptors (Lipinski definition) is 14. The van der Waals surface area contributed by atoms with Gasteiger partial charge in [0.2, 0.25) is 0 Å². The van der Waals surface area contributed by atoms with Crippen molar-refractivity contribution in [3.63, 3.8) is 0 Å². The molecule has 0 spiro atoms. The molecule has 0 amide bonds. The van der Waals surface area contributed by atoms with E-state index in [0.29, 0.717) is 16.9 Å². The van der Waals surface area contributed by atoms with Crippen molar-refractivity contribution in [1.82, 2.24) is 19.5 Å². The molecule has 3 aromatic rings. The zero-order valence-electron chi connectivity index (χ0n) is 29.4. The van der Waals surface area contributed by atoms with E-state index in [1.54, 1.807) is 18.4 Å². The molecule has 3 heterocycles. The highest BCUT2D eigenvalue weighted by molar-refractivity contribution is 6.89. The number of esters is 5. The van der Waals surface area contributed by atoms with Crippen molar-refractivity contribution in [2.24, 2.45) is 5.41 Å². The Bertz CT molecular complexity index is 1820. The number of fused-ring (bicyclic) bond motifs is 2. The Labute approximate surface area is 290 Å². The summed E-state index contributed by atoms with van der Waals surface area (Å²) in [7, 11) is -2.12. The molecule has 0 unspecified atom stereocenters. The van der Waals surface area contributed by atoms with E-state index in [0.717, 1.165) is 21.9 Å². The molecule has 1 aliphatic carbocycles. The molecule has 268 valence electrons. The van der Waals surface area contributed by atoms with E-state index >= 15 is 0 Å². The number of hydrogen-bond donors (Lipinski definition) is 0. The van der Waals surface area contributed by atoms with Gasteiger partial charge >= 0.3 is 29.8 Å². The molecule has 1 saturated heterocycles. The molecule has 15 nitrogen and oxygen atoms in total. The molecule has 0 radical (unpaired) electrons. The van der Waals surface area contributed by atoms with E-state index in [1.807, 2.05) is 6.07 Å². The first-order valence-corrected chi connectivity index (χ1v) is 19.9. The fourth-order valence-corrected chi connectivity index (χ4v) is 8.22. The molecule has 1 aliphatic heterocycles. The maximum atomic E-state index is 13.3. The minimum absolute atomic E-state index is 0.100. The van der Waals surface area contributed by atoms with E-state index in [9.17, 15) is 24.0 Å². The molecule has 50 heavy (non-hydrogen) atoms. The molecule has 16 heteroatoms. The molecule has 2 aromatic heterocycles. The van der Waals surface area contributed by atoms with Crippen LogP contribution in [0, 0.1) is 5.41 Å². The smallest absolute Gasteiger partial charge is 0.324 e. The number of benzene rings is 1. The van der Waals surface area contributed by atoms with Gasteiger partial charge in [0.25, 0.3) is 0 Å². The standard InChI is InChI=1S/C34H42N4O11Si/c1-9-44-32(42)34(33(43)45-10-2)13-21-11-23(25(50(6,7)8)12-22(21)14-34)26-27-30(36-16-35-26)38(17-37-27)31-29(48-20(5)41)28(47-19(4)40)24(49-31)15-46-18(3)39/h11-12,16-17,24,28-29,31H,9-10,13-15H2,1-8H3/t24-,28-,29-,31-/m1/s1. The van der Waals surface area contributed by atoms with Crippen LogP contribution in [0.5, 0.6) is 0 Å². The van der Waals surface area contributed by atoms with Crippen LogP contribution in [0.3, 0.4) is 0 Å². The van der Waals surface area contributed by atoms with Crippen molar-refractivity contribution in [2.45, 2.75) is 91.6 Å². The van der Waals surface area contributed by atoms with Crippen molar-refractivity contribution < 1.29 is 52.4 Å². The average molecular weight is 711 g/mol. The summed E-state index contributed by atoms with van der Waals surface area (Å²) in [5, 5.41) is 1.03. The van der Waals surface area contributed by atoms with Crippen LogP contribution < -0.4 is 5.19 Å². The topological polar surface area (TPSA) is 184 Å². The van der Waals surface area contributed by atoms with Crippen LogP contribution in [0.2, 0.25) is 19.6 Å². The first-order chi connectivity index (χ1) is 23.6. The molecule has 1 fully saturated rings. The van der Waals surface area contributed by atoms with Crippen LogP contribution in [0.25, 0.3) is 22.4 Å². The summed E-state index contributed by atoms with van der Waals surface area (Å²) in [5.74, 6) is -3.09. The Morgan fingerprint density at radius 3 is 2.00 bits per heavy atom. The van der Waals surface area contributed by atoms with E-state index in [4.69, 9.17) is 28.4 Å². The van der Waals surface area contributed by atoms with E-state index < -0.39 is 67.9 Å². The number of aromatic nitrogens is 4. The van der Waals surface area contributed by atoms with Gasteiger partial charge in [-0.25, -0.2) is 15.0 Å². The summed E-state index contributed by atoms with van der Waals surface area (Å²) < 4.78 is 34.9. The van der Waals surface area contributed by atoms with Crippen molar-refractivity contribution in [3.8, 4) is 11.3 Å². The monoisotopic (exact) mass is 710 g/mol. The number of rotatable bonds is 11. The lowest BCUT2D eigenvalue weighted by Crippen LogP contribution is -2.43. The Kier molecular flexibility index (Phi) is 10.4. The average Bonchev–Trinajstić information content (AvgIpc) is 3.73. The lowest BCUT2D eigenvalue weighted by atomic mass is 9.84. The van der Waals surface area contributed by atoms with Crippen molar-refractivity contribution in [1.29, 1.82) is 0 Å². The van der Waals surface area contributed by atoms with Gasteiger partial charge in [-0.05, 0) is 43.9 Å². The van der Waals surface area contributed by atoms with E-state index in [1.165, 1.54) is 33.4 Å². The third kappa shape index (κ3) is 6.99. The van der Waals surface area contributed by atoms with Crippen LogP contribution in [-0.2, 0) is 65.2 Å². The first-order valence-electron chi connectivity index (χ1n) is 16.4. The SMILES string of the molecule is CCOC(=O)C1(C(=O)OCC)Cc2cc(-c3ncnc4c3ncn4[C@@H]3O[C@H](COC(C)=O)[C@@H](OC(C)=O)[C@H]3OC(C)=O)c([Si](C)(C)C)cc2C1. The largest absolute Gasteiger partial charge is 0.465 e. The predicted molar refractivity (Wildman–Crippen MR) is 178 cm³/mol. The maximum Gasteiger partial charge on any atom is 0.324 e. The third-order valence-corrected chi connectivity index (χ3v) is 10.7. The summed E-state index contributed by atoms with van der Waals surface area (Å²) in [6.45, 7) is 13.6. The Morgan fingerprint density at radius 1 is 0.840 bits per heavy atom. The third-order valence-electron chi connectivity index (χ3n) is 8.69. The second kappa shape index (κ2) is 14.3. The summed E-state index contributed by atoms with van der Waals surface area (Å²) in [6, 6.07) is 4.02. The van der Waals surface area contributed by atoms with Crippen LogP contribution in [-0.4, -0.2) is 95.6 Å². The number of carbonyl (C=O) groups is 5. The molecular formula is C34H42N4O11Si. The van der Waals surface area contributed by atoms with Gasteiger partial charge in [0.1, 0.15) is 30.2 Å².